The van der Waals surface area contributed by atoms with Crippen molar-refractivity contribution in [1.82, 2.24) is 4.98 Å². The number of fused-ring (bicyclic) bond motifs is 1. The van der Waals surface area contributed by atoms with Crippen molar-refractivity contribution in [1.29, 1.82) is 0 Å². The van der Waals surface area contributed by atoms with Crippen molar-refractivity contribution in [2.45, 2.75) is 19.0 Å². The fraction of sp³-hybridized carbons (Fsp3) is 0.357. The molecule has 0 spiro atoms. The van der Waals surface area contributed by atoms with E-state index in [0.29, 0.717) is 0 Å². The van der Waals surface area contributed by atoms with Gasteiger partial charge in [0.05, 0.1) is 6.61 Å². The van der Waals surface area contributed by atoms with Crippen LogP contribution in [0.5, 0.6) is 0 Å². The van der Waals surface area contributed by atoms with Crippen LogP contribution in [0.15, 0.2) is 30.5 Å². The molecule has 108 valence electrons. The van der Waals surface area contributed by atoms with Gasteiger partial charge in [0, 0.05) is 23.8 Å². The van der Waals surface area contributed by atoms with E-state index in [0.717, 1.165) is 16.5 Å². The topological polar surface area (TPSA) is 79.4 Å². The number of aromatic amines is 1. The number of aromatic nitrogens is 1. The molecule has 6 heteroatoms. The van der Waals surface area contributed by atoms with Gasteiger partial charge in [-0.15, -0.1) is 0 Å². The molecule has 0 radical (unpaired) electrons. The number of carboxylic acids is 1. The van der Waals surface area contributed by atoms with Crippen molar-refractivity contribution in [3.8, 4) is 0 Å². The smallest absolute Gasteiger partial charge is 0.316 e. The lowest BCUT2D eigenvalue weighted by atomic mass is 10.1. The van der Waals surface area contributed by atoms with Gasteiger partial charge in [0.1, 0.15) is 5.66 Å². The van der Waals surface area contributed by atoms with E-state index in [1.165, 1.54) is 6.66 Å². The summed E-state index contributed by atoms with van der Waals surface area (Å²) in [6.07, 6.45) is 1.96. The molecule has 0 aliphatic rings. The van der Waals surface area contributed by atoms with Gasteiger partial charge in [0.25, 0.3) is 0 Å². The van der Waals surface area contributed by atoms with E-state index >= 15 is 0 Å². The van der Waals surface area contributed by atoms with E-state index < -0.39 is 19.0 Å². The Balaban J connectivity index is 2.34. The molecule has 2 aromatic rings. The normalized spacial score (nSPS) is 15.9. The highest BCUT2D eigenvalue weighted by atomic mass is 31.2. The summed E-state index contributed by atoms with van der Waals surface area (Å²) >= 11 is 0. The molecule has 0 aliphatic carbocycles. The van der Waals surface area contributed by atoms with Crippen LogP contribution in [-0.2, 0) is 20.3 Å². The van der Waals surface area contributed by atoms with Gasteiger partial charge in [-0.3, -0.25) is 9.36 Å². The summed E-state index contributed by atoms with van der Waals surface area (Å²) in [4.78, 5) is 14.5. The number of H-pyrrole nitrogens is 1. The minimum absolute atomic E-state index is 0.188. The van der Waals surface area contributed by atoms with Crippen molar-refractivity contribution in [2.75, 3.05) is 13.3 Å². The van der Waals surface area contributed by atoms with Crippen LogP contribution in [0.1, 0.15) is 12.5 Å². The SMILES string of the molecule is CCOP(C)(=O)C(Cc1c[nH]c2ccccc12)C(=O)O. The molecule has 2 rings (SSSR count). The Morgan fingerprint density at radius 3 is 2.80 bits per heavy atom. The van der Waals surface area contributed by atoms with Gasteiger partial charge in [-0.25, -0.2) is 0 Å². The second kappa shape index (κ2) is 5.81. The Labute approximate surface area is 117 Å². The molecule has 1 heterocycles. The molecule has 1 aromatic heterocycles. The Morgan fingerprint density at radius 1 is 1.45 bits per heavy atom. The summed E-state index contributed by atoms with van der Waals surface area (Å²) in [6, 6.07) is 7.63. The first-order valence-corrected chi connectivity index (χ1v) is 8.59. The number of benzene rings is 1. The van der Waals surface area contributed by atoms with E-state index in [1.807, 2.05) is 24.3 Å². The second-order valence-electron chi connectivity index (χ2n) is 4.74. The minimum atomic E-state index is -3.19. The van der Waals surface area contributed by atoms with E-state index in [9.17, 15) is 14.5 Å². The molecule has 2 atom stereocenters. The van der Waals surface area contributed by atoms with Gasteiger partial charge in [-0.05, 0) is 25.0 Å². The molecule has 0 fully saturated rings. The first kappa shape index (κ1) is 14.8. The summed E-state index contributed by atoms with van der Waals surface area (Å²) in [5, 5.41) is 10.3. The molecule has 20 heavy (non-hydrogen) atoms. The highest BCUT2D eigenvalue weighted by Crippen LogP contribution is 2.49. The van der Waals surface area contributed by atoms with Crippen molar-refractivity contribution in [3.63, 3.8) is 0 Å². The number of hydrogen-bond acceptors (Lipinski definition) is 3. The molecule has 0 saturated heterocycles. The summed E-state index contributed by atoms with van der Waals surface area (Å²) < 4.78 is 17.6. The molecule has 5 nitrogen and oxygen atoms in total. The van der Waals surface area contributed by atoms with Gasteiger partial charge in [-0.2, -0.15) is 0 Å². The maximum absolute atomic E-state index is 12.4. The Hall–Kier alpha value is -1.58. The predicted molar refractivity (Wildman–Crippen MR) is 78.6 cm³/mol. The number of carbonyl (C=O) groups is 1. The third-order valence-corrected chi connectivity index (χ3v) is 5.63. The molecule has 0 bridgehead atoms. The van der Waals surface area contributed by atoms with Crippen molar-refractivity contribution < 1.29 is 19.0 Å². The van der Waals surface area contributed by atoms with Gasteiger partial charge in [-0.1, -0.05) is 18.2 Å². The summed E-state index contributed by atoms with van der Waals surface area (Å²) in [6.45, 7) is 3.34. The summed E-state index contributed by atoms with van der Waals surface area (Å²) in [5.41, 5.74) is 0.755. The number of aliphatic carboxylic acids is 1. The number of rotatable bonds is 6. The van der Waals surface area contributed by atoms with Crippen molar-refractivity contribution in [2.24, 2.45) is 0 Å². The van der Waals surface area contributed by atoms with Crippen LogP contribution < -0.4 is 0 Å². The van der Waals surface area contributed by atoms with Gasteiger partial charge in [0.15, 0.2) is 0 Å². The van der Waals surface area contributed by atoms with E-state index in [1.54, 1.807) is 13.1 Å². The minimum Gasteiger partial charge on any atom is -0.481 e. The second-order valence-corrected chi connectivity index (χ2v) is 7.44. The van der Waals surface area contributed by atoms with Crippen LogP contribution in [0.2, 0.25) is 0 Å². The molecule has 2 unspecified atom stereocenters. The van der Waals surface area contributed by atoms with E-state index in [4.69, 9.17) is 4.52 Å². The highest BCUT2D eigenvalue weighted by Gasteiger charge is 2.35. The largest absolute Gasteiger partial charge is 0.481 e. The maximum atomic E-state index is 12.4. The molecule has 0 amide bonds. The van der Waals surface area contributed by atoms with Crippen LogP contribution in [0.25, 0.3) is 10.9 Å². The Kier molecular flexibility index (Phi) is 4.31. The molecule has 2 N–H and O–H groups in total. The van der Waals surface area contributed by atoms with Crippen molar-refractivity contribution in [3.05, 3.63) is 36.0 Å². The standard InChI is InChI=1S/C14H18NO4P/c1-3-19-20(2,18)13(14(16)17)8-10-9-15-12-7-5-4-6-11(10)12/h4-7,9,13,15H,3,8H2,1-2H3,(H,16,17). The Bertz CT molecular complexity index is 664. The molecule has 1 aromatic carbocycles. The van der Waals surface area contributed by atoms with E-state index in [-0.39, 0.29) is 13.0 Å². The highest BCUT2D eigenvalue weighted by molar-refractivity contribution is 7.59. The number of hydrogen-bond donors (Lipinski definition) is 2. The number of para-hydroxylation sites is 1. The number of nitrogens with one attached hydrogen (secondary N) is 1. The molecular formula is C14H18NO4P. The summed E-state index contributed by atoms with van der Waals surface area (Å²) in [7, 11) is -3.19. The molecule has 0 saturated carbocycles. The van der Waals surface area contributed by atoms with Crippen LogP contribution in [0.3, 0.4) is 0 Å². The average Bonchev–Trinajstić information content (AvgIpc) is 2.78. The van der Waals surface area contributed by atoms with E-state index in [2.05, 4.69) is 4.98 Å². The molecule has 0 aliphatic heterocycles. The van der Waals surface area contributed by atoms with Crippen LogP contribution in [-0.4, -0.2) is 35.0 Å². The average molecular weight is 295 g/mol. The first-order chi connectivity index (χ1) is 9.45. The monoisotopic (exact) mass is 295 g/mol. The quantitative estimate of drug-likeness (QED) is 0.802. The molecular weight excluding hydrogens is 277 g/mol. The lowest BCUT2D eigenvalue weighted by molar-refractivity contribution is -0.136. The van der Waals surface area contributed by atoms with Crippen LogP contribution >= 0.6 is 7.37 Å². The summed E-state index contributed by atoms with van der Waals surface area (Å²) in [5.74, 6) is -1.09. The van der Waals surface area contributed by atoms with Gasteiger partial charge >= 0.3 is 5.97 Å². The Morgan fingerprint density at radius 2 is 2.15 bits per heavy atom. The fourth-order valence-electron chi connectivity index (χ4n) is 2.31. The van der Waals surface area contributed by atoms with Gasteiger partial charge in [0.2, 0.25) is 7.37 Å². The van der Waals surface area contributed by atoms with Crippen LogP contribution in [0.4, 0.5) is 0 Å². The maximum Gasteiger partial charge on any atom is 0.316 e. The zero-order chi connectivity index (χ0) is 14.8. The lowest BCUT2D eigenvalue weighted by Crippen LogP contribution is -2.24. The zero-order valence-corrected chi connectivity index (χ0v) is 12.4. The zero-order valence-electron chi connectivity index (χ0n) is 11.5. The predicted octanol–water partition coefficient (Wildman–Crippen LogP) is 3.11. The lowest BCUT2D eigenvalue weighted by Gasteiger charge is -2.20. The number of carboxylic acid groups (broad SMARTS) is 1. The van der Waals surface area contributed by atoms with Crippen LogP contribution in [0, 0.1) is 0 Å². The van der Waals surface area contributed by atoms with Gasteiger partial charge < -0.3 is 14.6 Å². The first-order valence-electron chi connectivity index (χ1n) is 6.45. The fourth-order valence-corrected chi connectivity index (χ4v) is 3.93. The third kappa shape index (κ3) is 2.94. The third-order valence-electron chi connectivity index (χ3n) is 3.32. The van der Waals surface area contributed by atoms with Crippen molar-refractivity contribution >= 4 is 24.2 Å².